The summed E-state index contributed by atoms with van der Waals surface area (Å²) < 4.78 is 5.21. The predicted molar refractivity (Wildman–Crippen MR) is 39.5 cm³/mol. The Hall–Kier alpha value is 1.02. The van der Waals surface area contributed by atoms with E-state index in [1.807, 2.05) is 0 Å². The molecule has 0 N–H and O–H groups in total. The zero-order valence-electron chi connectivity index (χ0n) is 6.84. The Morgan fingerprint density at radius 2 is 2.20 bits per heavy atom. The molecule has 1 radical (unpaired) electrons. The molecule has 0 aromatic rings. The van der Waals surface area contributed by atoms with Gasteiger partial charge in [0.1, 0.15) is 0 Å². The van der Waals surface area contributed by atoms with Crippen LogP contribution in [0.5, 0.6) is 0 Å². The fourth-order valence-corrected chi connectivity index (χ4v) is 0.778. The fourth-order valence-electron chi connectivity index (χ4n) is 0.778. The van der Waals surface area contributed by atoms with Crippen molar-refractivity contribution in [1.82, 2.24) is 0 Å². The maximum absolute atomic E-state index is 5.21. The van der Waals surface area contributed by atoms with E-state index in [1.54, 1.807) is 0 Å². The summed E-state index contributed by atoms with van der Waals surface area (Å²) >= 11 is 0. The molecular weight excluding hydrogens is 203 g/mol. The van der Waals surface area contributed by atoms with Crippen molar-refractivity contribution >= 4 is 0 Å². The van der Waals surface area contributed by atoms with Crippen LogP contribution < -0.4 is 0 Å². The third-order valence-electron chi connectivity index (χ3n) is 1.24. The molecule has 1 unspecified atom stereocenters. The van der Waals surface area contributed by atoms with Crippen LogP contribution in [-0.4, -0.2) is 26.3 Å². The van der Waals surface area contributed by atoms with E-state index >= 15 is 0 Å². The normalized spacial score (nSPS) is 25.5. The summed E-state index contributed by atoms with van der Waals surface area (Å²) in [6.07, 6.45) is 0. The van der Waals surface area contributed by atoms with Crippen LogP contribution in [0.25, 0.3) is 5.32 Å². The minimum atomic E-state index is 0. The molecule has 1 heterocycles. The molecule has 0 saturated carbocycles. The van der Waals surface area contributed by atoms with Crippen LogP contribution in [-0.2, 0) is 37.4 Å². The first-order valence-electron chi connectivity index (χ1n) is 3.10. The minimum Gasteiger partial charge on any atom is -0.660 e. The Bertz CT molecular complexity index is 62.6. The number of nitrogens with zero attached hydrogens (tertiary/aromatic N) is 1. The van der Waals surface area contributed by atoms with Gasteiger partial charge in [0.25, 0.3) is 0 Å². The Morgan fingerprint density at radius 1 is 1.50 bits per heavy atom. The molecule has 1 aliphatic rings. The molecular formula is C7H15NOY-2. The summed E-state index contributed by atoms with van der Waals surface area (Å²) in [6.45, 7) is 5.76. The van der Waals surface area contributed by atoms with Gasteiger partial charge in [0.05, 0.1) is 0 Å². The van der Waals surface area contributed by atoms with Crippen LogP contribution in [0, 0.1) is 13.3 Å². The first-order valence-corrected chi connectivity index (χ1v) is 3.10. The van der Waals surface area contributed by atoms with Crippen LogP contribution in [0.1, 0.15) is 6.92 Å². The van der Waals surface area contributed by atoms with Gasteiger partial charge in [-0.2, -0.15) is 0 Å². The molecule has 0 aliphatic carbocycles. The van der Waals surface area contributed by atoms with Gasteiger partial charge in [-0.05, 0) is 5.92 Å². The molecule has 1 aliphatic heterocycles. The van der Waals surface area contributed by atoms with Gasteiger partial charge in [-0.1, -0.05) is 6.92 Å². The van der Waals surface area contributed by atoms with Crippen molar-refractivity contribution in [3.05, 3.63) is 12.7 Å². The summed E-state index contributed by atoms with van der Waals surface area (Å²) in [6, 6.07) is 0. The number of rotatable bonds is 0. The second-order valence-corrected chi connectivity index (χ2v) is 2.31. The standard InChI is InChI=1S/C6H12NO.CH3.Y/c1-6-4-7-2-3-8-5-6;;/h6H,2-5H2,1H3;1H3;/q2*-1;. The summed E-state index contributed by atoms with van der Waals surface area (Å²) in [5, 5.41) is 4.23. The van der Waals surface area contributed by atoms with E-state index in [0.29, 0.717) is 5.92 Å². The van der Waals surface area contributed by atoms with Crippen molar-refractivity contribution in [2.24, 2.45) is 5.92 Å². The molecule has 0 bridgehead atoms. The van der Waals surface area contributed by atoms with Crippen molar-refractivity contribution in [3.63, 3.8) is 0 Å². The summed E-state index contributed by atoms with van der Waals surface area (Å²) in [7, 11) is 0. The van der Waals surface area contributed by atoms with E-state index in [-0.39, 0.29) is 40.1 Å². The number of ether oxygens (including phenoxy) is 1. The van der Waals surface area contributed by atoms with Crippen LogP contribution in [0.4, 0.5) is 0 Å². The topological polar surface area (TPSA) is 23.3 Å². The molecule has 0 amide bonds. The molecule has 1 saturated heterocycles. The first-order chi connectivity index (χ1) is 3.89. The Morgan fingerprint density at radius 3 is 2.90 bits per heavy atom. The van der Waals surface area contributed by atoms with E-state index in [9.17, 15) is 0 Å². The van der Waals surface area contributed by atoms with Gasteiger partial charge >= 0.3 is 0 Å². The van der Waals surface area contributed by atoms with E-state index in [4.69, 9.17) is 4.74 Å². The zero-order valence-corrected chi connectivity index (χ0v) is 9.68. The van der Waals surface area contributed by atoms with Crippen molar-refractivity contribution in [2.75, 3.05) is 26.3 Å². The summed E-state index contributed by atoms with van der Waals surface area (Å²) in [4.78, 5) is 0. The molecule has 2 nitrogen and oxygen atoms in total. The van der Waals surface area contributed by atoms with Crippen molar-refractivity contribution in [3.8, 4) is 0 Å². The number of hydrogen-bond donors (Lipinski definition) is 0. The average molecular weight is 218 g/mol. The van der Waals surface area contributed by atoms with Gasteiger partial charge in [-0.3, -0.25) is 0 Å². The van der Waals surface area contributed by atoms with Crippen molar-refractivity contribution in [1.29, 1.82) is 0 Å². The van der Waals surface area contributed by atoms with E-state index in [0.717, 1.165) is 26.3 Å². The SMILES string of the molecule is CC1C[N-]CCOC1.[CH3-].[Y]. The average Bonchev–Trinajstić information content (AvgIpc) is 1.94. The molecule has 59 valence electrons. The maximum atomic E-state index is 5.21. The molecule has 0 aromatic carbocycles. The van der Waals surface area contributed by atoms with E-state index < -0.39 is 0 Å². The molecule has 1 atom stereocenters. The smallest absolute Gasteiger partial charge is 0.0474 e. The Balaban J connectivity index is 0. The van der Waals surface area contributed by atoms with Gasteiger partial charge in [0, 0.05) is 45.9 Å². The van der Waals surface area contributed by atoms with Crippen molar-refractivity contribution in [2.45, 2.75) is 6.92 Å². The fraction of sp³-hybridized carbons (Fsp3) is 0.857. The number of hydrogen-bond acceptors (Lipinski definition) is 1. The maximum Gasteiger partial charge on any atom is 0.0474 e. The van der Waals surface area contributed by atoms with Crippen LogP contribution in [0.15, 0.2) is 0 Å². The molecule has 10 heavy (non-hydrogen) atoms. The third-order valence-corrected chi connectivity index (χ3v) is 1.24. The van der Waals surface area contributed by atoms with Crippen LogP contribution in [0.3, 0.4) is 0 Å². The minimum absolute atomic E-state index is 0. The van der Waals surface area contributed by atoms with E-state index in [1.165, 1.54) is 0 Å². The van der Waals surface area contributed by atoms with Crippen LogP contribution in [0.2, 0.25) is 0 Å². The zero-order chi connectivity index (χ0) is 5.82. The van der Waals surface area contributed by atoms with Crippen molar-refractivity contribution < 1.29 is 37.4 Å². The van der Waals surface area contributed by atoms with Gasteiger partial charge in [-0.25, -0.2) is 0 Å². The Labute approximate surface area is 89.0 Å². The predicted octanol–water partition coefficient (Wildman–Crippen LogP) is 1.47. The summed E-state index contributed by atoms with van der Waals surface area (Å²) in [5.74, 6) is 0.637. The second kappa shape index (κ2) is 8.12. The molecule has 3 heteroatoms. The third kappa shape index (κ3) is 5.78. The van der Waals surface area contributed by atoms with Gasteiger partial charge in [0.15, 0.2) is 0 Å². The van der Waals surface area contributed by atoms with E-state index in [2.05, 4.69) is 12.2 Å². The molecule has 0 spiro atoms. The quantitative estimate of drug-likeness (QED) is 0.565. The molecule has 1 rings (SSSR count). The summed E-state index contributed by atoms with van der Waals surface area (Å²) in [5.41, 5.74) is 0. The molecule has 0 aromatic heterocycles. The van der Waals surface area contributed by atoms with Gasteiger partial charge in [-0.15, -0.1) is 13.1 Å². The monoisotopic (exact) mass is 218 g/mol. The second-order valence-electron chi connectivity index (χ2n) is 2.31. The van der Waals surface area contributed by atoms with Crippen LogP contribution >= 0.6 is 0 Å². The first kappa shape index (κ1) is 13.6. The molecule has 1 fully saturated rings. The van der Waals surface area contributed by atoms with Gasteiger partial charge < -0.3 is 17.5 Å². The largest absolute Gasteiger partial charge is 0.660 e. The Kier molecular flexibility index (Phi) is 11.1. The van der Waals surface area contributed by atoms with Gasteiger partial charge in [0.2, 0.25) is 0 Å².